The second-order valence-electron chi connectivity index (χ2n) is 12.3. The largest absolute Gasteiger partial charge is 0.507 e. The first-order valence-corrected chi connectivity index (χ1v) is 16.3. The smallest absolute Gasteiger partial charge is 0.251 e. The molecule has 1 fully saturated rings. The number of amides is 1. The summed E-state index contributed by atoms with van der Waals surface area (Å²) in [4.78, 5) is 41.0. The van der Waals surface area contributed by atoms with E-state index in [1.54, 1.807) is 6.20 Å². The second kappa shape index (κ2) is 13.6. The van der Waals surface area contributed by atoms with E-state index in [4.69, 9.17) is 15.7 Å². The van der Waals surface area contributed by atoms with Crippen molar-refractivity contribution in [2.75, 3.05) is 18.8 Å². The lowest BCUT2D eigenvalue weighted by Crippen LogP contribution is -2.42. The highest BCUT2D eigenvalue weighted by molar-refractivity contribution is 5.96. The normalized spacial score (nSPS) is 16.8. The maximum absolute atomic E-state index is 13.0. The molecule has 242 valence electrons. The van der Waals surface area contributed by atoms with Gasteiger partial charge in [0.15, 0.2) is 17.8 Å². The number of aromatic hydroxyl groups is 1. The average molecular weight is 640 g/mol. The number of hydrogen-bond donors (Lipinski definition) is 3. The summed E-state index contributed by atoms with van der Waals surface area (Å²) < 4.78 is 2.06. The molecule has 0 bridgehead atoms. The molecule has 2 aliphatic rings. The number of likely N-dealkylation sites (tertiary alicyclic amines) is 1. The van der Waals surface area contributed by atoms with Crippen LogP contribution in [-0.2, 0) is 6.54 Å². The Labute approximate surface area is 278 Å². The number of rotatable bonds is 8. The molecule has 1 aliphatic heterocycles. The number of hydrogen-bond acceptors (Lipinski definition) is 8. The number of fused-ring (bicyclic) bond motifs is 1. The Morgan fingerprint density at radius 1 is 1.04 bits per heavy atom. The van der Waals surface area contributed by atoms with Crippen molar-refractivity contribution in [3.8, 4) is 22.8 Å². The molecule has 3 aromatic heterocycles. The highest BCUT2D eigenvalue weighted by atomic mass is 16.3. The maximum Gasteiger partial charge on any atom is 0.251 e. The molecule has 5 aromatic rings. The van der Waals surface area contributed by atoms with Crippen molar-refractivity contribution in [2.45, 2.75) is 44.7 Å². The van der Waals surface area contributed by atoms with E-state index in [1.807, 2.05) is 24.3 Å². The molecule has 10 nitrogen and oxygen atoms in total. The number of pyridine rings is 2. The Morgan fingerprint density at radius 2 is 1.92 bits per heavy atom. The van der Waals surface area contributed by atoms with Crippen molar-refractivity contribution in [3.05, 3.63) is 114 Å². The number of aromatic nitrogens is 4. The predicted octanol–water partition coefficient (Wildman–Crippen LogP) is 6.10. The number of imidazole rings is 1. The Bertz CT molecular complexity index is 2050. The lowest BCUT2D eigenvalue weighted by Gasteiger charge is -2.25. The second-order valence-corrected chi connectivity index (χ2v) is 12.3. The van der Waals surface area contributed by atoms with Gasteiger partial charge < -0.3 is 16.2 Å². The fourth-order valence-electron chi connectivity index (χ4n) is 6.50. The maximum atomic E-state index is 13.0. The van der Waals surface area contributed by atoms with Gasteiger partial charge in [0, 0.05) is 36.6 Å². The van der Waals surface area contributed by atoms with Crippen molar-refractivity contribution in [3.63, 3.8) is 0 Å². The molecule has 4 heterocycles. The van der Waals surface area contributed by atoms with Crippen LogP contribution in [0.5, 0.6) is 5.75 Å². The summed E-state index contributed by atoms with van der Waals surface area (Å²) in [7, 11) is 0. The molecule has 1 unspecified atom stereocenters. The standard InChI is InChI=1S/C38H37N7O3/c39-35-31(10-6-19-40-35)36-43-33-17-16-32(26-7-2-1-3-8-26)42-37(33)45(36)30-14-11-25(12-15-30)22-44-20-5-4-9-29(23-44)41-38(48)27-13-18-34(47)28(21-27)24-46/h2,6-8,10-19,21,24,29,47H,1,3-5,9,20,22-23H2,(H2,39,40)(H,41,48). The van der Waals surface area contributed by atoms with Gasteiger partial charge in [-0.15, -0.1) is 0 Å². The molecule has 2 aromatic carbocycles. The Morgan fingerprint density at radius 3 is 2.71 bits per heavy atom. The number of nitrogens with one attached hydrogen (secondary N) is 1. The number of carbonyl (C=O) groups excluding carboxylic acids is 2. The third kappa shape index (κ3) is 6.47. The Kier molecular flexibility index (Phi) is 8.80. The lowest BCUT2D eigenvalue weighted by atomic mass is 10.0. The van der Waals surface area contributed by atoms with Crippen molar-refractivity contribution < 1.29 is 14.7 Å². The summed E-state index contributed by atoms with van der Waals surface area (Å²) in [5, 5.41) is 13.0. The number of benzene rings is 2. The molecule has 10 heteroatoms. The van der Waals surface area contributed by atoms with Crippen LogP contribution in [0.3, 0.4) is 0 Å². The van der Waals surface area contributed by atoms with Gasteiger partial charge in [-0.2, -0.15) is 0 Å². The van der Waals surface area contributed by atoms with Crippen LogP contribution in [0.25, 0.3) is 33.8 Å². The highest BCUT2D eigenvalue weighted by Crippen LogP contribution is 2.32. The number of phenols is 1. The van der Waals surface area contributed by atoms with Crippen molar-refractivity contribution in [1.29, 1.82) is 0 Å². The van der Waals surface area contributed by atoms with Gasteiger partial charge >= 0.3 is 0 Å². The average Bonchev–Trinajstić information content (AvgIpc) is 3.35. The van der Waals surface area contributed by atoms with E-state index >= 15 is 0 Å². The minimum atomic E-state index is -0.250. The molecular weight excluding hydrogens is 602 g/mol. The quantitative estimate of drug-likeness (QED) is 0.173. The van der Waals surface area contributed by atoms with Crippen LogP contribution in [0.15, 0.2) is 91.2 Å². The minimum Gasteiger partial charge on any atom is -0.507 e. The van der Waals surface area contributed by atoms with Gasteiger partial charge in [-0.05, 0) is 98.0 Å². The summed E-state index contributed by atoms with van der Waals surface area (Å²) in [6, 6.07) is 20.6. The van der Waals surface area contributed by atoms with Crippen LogP contribution >= 0.6 is 0 Å². The zero-order chi connectivity index (χ0) is 33.0. The summed E-state index contributed by atoms with van der Waals surface area (Å²) in [5.41, 5.74) is 13.1. The topological polar surface area (TPSA) is 139 Å². The van der Waals surface area contributed by atoms with Crippen LogP contribution in [0.2, 0.25) is 0 Å². The number of nitrogens with zero attached hydrogens (tertiary/aromatic N) is 5. The van der Waals surface area contributed by atoms with Gasteiger partial charge in [0.2, 0.25) is 0 Å². The SMILES string of the molecule is Nc1ncccc1-c1nc2ccc(C3=CCCC=C3)nc2n1-c1ccc(CN2CCCCC(NC(=O)c3ccc(O)c(C=O)c3)C2)cc1. The number of allylic oxidation sites excluding steroid dienone is 4. The first kappa shape index (κ1) is 31.0. The van der Waals surface area contributed by atoms with E-state index in [9.17, 15) is 14.7 Å². The molecule has 4 N–H and O–H groups in total. The number of nitrogens with two attached hydrogens (primary N) is 1. The summed E-state index contributed by atoms with van der Waals surface area (Å²) >= 11 is 0. The van der Waals surface area contributed by atoms with Crippen molar-refractivity contribution in [2.24, 2.45) is 0 Å². The monoisotopic (exact) mass is 639 g/mol. The van der Waals surface area contributed by atoms with Gasteiger partial charge in [-0.25, -0.2) is 15.0 Å². The van der Waals surface area contributed by atoms with Crippen LogP contribution in [-0.4, -0.2) is 60.9 Å². The van der Waals surface area contributed by atoms with Gasteiger partial charge in [-0.3, -0.25) is 19.1 Å². The van der Waals surface area contributed by atoms with Crippen molar-refractivity contribution in [1.82, 2.24) is 29.7 Å². The number of aldehydes is 1. The van der Waals surface area contributed by atoms with Gasteiger partial charge in [0.05, 0.1) is 16.8 Å². The minimum absolute atomic E-state index is 0.0352. The van der Waals surface area contributed by atoms with Crippen molar-refractivity contribution >= 4 is 34.7 Å². The molecule has 0 radical (unpaired) electrons. The fraction of sp³-hybridized carbons (Fsp3) is 0.237. The number of phenolic OH excluding ortho intramolecular Hbond substituents is 1. The van der Waals surface area contributed by atoms with Crippen LogP contribution in [0.4, 0.5) is 5.82 Å². The van der Waals surface area contributed by atoms with E-state index in [-0.39, 0.29) is 23.3 Å². The molecule has 48 heavy (non-hydrogen) atoms. The third-order valence-corrected chi connectivity index (χ3v) is 8.98. The zero-order valence-electron chi connectivity index (χ0n) is 26.5. The molecule has 1 saturated heterocycles. The summed E-state index contributed by atoms with van der Waals surface area (Å²) in [6.07, 6.45) is 13.7. The first-order valence-electron chi connectivity index (χ1n) is 16.3. The van der Waals surface area contributed by atoms with E-state index in [0.29, 0.717) is 30.0 Å². The molecule has 0 spiro atoms. The third-order valence-electron chi connectivity index (χ3n) is 8.98. The number of nitrogen functional groups attached to an aromatic ring is 1. The lowest BCUT2D eigenvalue weighted by molar-refractivity contribution is 0.0925. The molecule has 1 aliphatic carbocycles. The van der Waals surface area contributed by atoms with E-state index < -0.39 is 0 Å². The fourth-order valence-corrected chi connectivity index (χ4v) is 6.50. The van der Waals surface area contributed by atoms with Gasteiger partial charge in [-0.1, -0.05) is 36.8 Å². The molecule has 1 atom stereocenters. The highest BCUT2D eigenvalue weighted by Gasteiger charge is 2.22. The van der Waals surface area contributed by atoms with Crippen LogP contribution in [0.1, 0.15) is 64.1 Å². The van der Waals surface area contributed by atoms with E-state index in [0.717, 1.165) is 84.4 Å². The Hall–Kier alpha value is -5.61. The molecule has 7 rings (SSSR count). The van der Waals surface area contributed by atoms with Crippen LogP contribution in [0, 0.1) is 0 Å². The molecular formula is C38H37N7O3. The number of carbonyl (C=O) groups is 2. The number of anilines is 1. The van der Waals surface area contributed by atoms with E-state index in [1.165, 1.54) is 18.2 Å². The predicted molar refractivity (Wildman–Crippen MR) is 187 cm³/mol. The van der Waals surface area contributed by atoms with Gasteiger partial charge in [0.25, 0.3) is 5.91 Å². The molecule has 0 saturated carbocycles. The van der Waals surface area contributed by atoms with Crippen LogP contribution < -0.4 is 11.1 Å². The summed E-state index contributed by atoms with van der Waals surface area (Å²) in [5.74, 6) is 0.698. The summed E-state index contributed by atoms with van der Waals surface area (Å²) in [6.45, 7) is 2.37. The molecule has 1 amide bonds. The van der Waals surface area contributed by atoms with E-state index in [2.05, 4.69) is 62.3 Å². The Balaban J connectivity index is 1.14. The first-order chi connectivity index (χ1) is 23.5. The zero-order valence-corrected chi connectivity index (χ0v) is 26.5. The van der Waals surface area contributed by atoms with Gasteiger partial charge in [0.1, 0.15) is 17.1 Å².